The van der Waals surface area contributed by atoms with Gasteiger partial charge in [-0.25, -0.2) is 10.9 Å². The molecule has 0 aromatic heterocycles. The lowest BCUT2D eigenvalue weighted by atomic mass is 9.82. The summed E-state index contributed by atoms with van der Waals surface area (Å²) in [7, 11) is 0. The number of amides is 1. The summed E-state index contributed by atoms with van der Waals surface area (Å²) >= 11 is 1.68. The Bertz CT molecular complexity index is 918. The van der Waals surface area contributed by atoms with Crippen molar-refractivity contribution in [2.45, 2.75) is 36.9 Å². The number of likely N-dealkylation sites (tertiary alicyclic amines) is 1. The fourth-order valence-corrected chi connectivity index (χ4v) is 5.16. The molecule has 0 spiro atoms. The quantitative estimate of drug-likeness (QED) is 0.564. The number of phenolic OH excluding ortho intramolecular Hbond substituents is 1. The molecule has 2 aromatic carbocycles. The van der Waals surface area contributed by atoms with Crippen LogP contribution in [0.1, 0.15) is 34.3 Å². The summed E-state index contributed by atoms with van der Waals surface area (Å²) < 4.78 is 0. The van der Waals surface area contributed by atoms with E-state index in [0.29, 0.717) is 0 Å². The van der Waals surface area contributed by atoms with Gasteiger partial charge in [0.15, 0.2) is 0 Å². The fourth-order valence-electron chi connectivity index (χ4n) is 4.75. The fraction of sp³-hybridized carbons (Fsp3) is 0.409. The van der Waals surface area contributed by atoms with E-state index in [2.05, 4.69) is 35.1 Å². The maximum absolute atomic E-state index is 13.1. The van der Waals surface area contributed by atoms with Gasteiger partial charge in [0.1, 0.15) is 11.8 Å². The van der Waals surface area contributed by atoms with Gasteiger partial charge < -0.3 is 15.1 Å². The molecule has 4 N–H and O–H groups in total. The highest BCUT2D eigenvalue weighted by atomic mass is 32.2. The van der Waals surface area contributed by atoms with Crippen molar-refractivity contribution in [3.05, 3.63) is 58.7 Å². The van der Waals surface area contributed by atoms with Crippen molar-refractivity contribution >= 4 is 17.7 Å². The largest absolute Gasteiger partial charge is 0.507 e. The number of β-amino-alcohol motifs (C(OH)–C–C–N with tert-alkyl or cyclic N) is 1. The summed E-state index contributed by atoms with van der Waals surface area (Å²) in [6.07, 6.45) is 2.03. The van der Waals surface area contributed by atoms with Crippen molar-refractivity contribution in [1.82, 2.24) is 15.8 Å². The van der Waals surface area contributed by atoms with Crippen molar-refractivity contribution in [2.24, 2.45) is 5.92 Å². The van der Waals surface area contributed by atoms with Gasteiger partial charge >= 0.3 is 0 Å². The number of benzene rings is 2. The number of aromatic hydroxyl groups is 1. The van der Waals surface area contributed by atoms with Crippen molar-refractivity contribution in [3.8, 4) is 5.75 Å². The maximum Gasteiger partial charge on any atom is 0.242 e. The van der Waals surface area contributed by atoms with Crippen LogP contribution in [-0.2, 0) is 4.79 Å². The first-order valence-electron chi connectivity index (χ1n) is 9.82. The number of hydrazine groups is 1. The number of rotatable bonds is 5. The highest BCUT2D eigenvalue weighted by molar-refractivity contribution is 7.98. The van der Waals surface area contributed by atoms with Crippen LogP contribution in [-0.4, -0.2) is 46.5 Å². The molecule has 2 aliphatic rings. The standard InChI is InChI=1S/C22H27N3O3S/c1-12-10-13(2)21(27)16(11-12)18-17-19(24-23-18)22(28)25(8-9-26)20(17)14-4-6-15(29-3)7-5-14/h4-7,10-11,17-20,23-24,26-27H,8-9H2,1-3H3. The monoisotopic (exact) mass is 413 g/mol. The molecule has 2 saturated heterocycles. The second-order valence-corrected chi connectivity index (χ2v) is 8.69. The van der Waals surface area contributed by atoms with Crippen molar-refractivity contribution in [2.75, 3.05) is 19.4 Å². The van der Waals surface area contributed by atoms with Crippen LogP contribution in [0.3, 0.4) is 0 Å². The molecule has 2 heterocycles. The lowest BCUT2D eigenvalue weighted by molar-refractivity contribution is -0.131. The Kier molecular flexibility index (Phi) is 5.57. The van der Waals surface area contributed by atoms with Gasteiger partial charge in [-0.3, -0.25) is 4.79 Å². The molecule has 0 aliphatic carbocycles. The summed E-state index contributed by atoms with van der Waals surface area (Å²) in [4.78, 5) is 16.1. The molecule has 0 bridgehead atoms. The van der Waals surface area contributed by atoms with Crippen molar-refractivity contribution in [1.29, 1.82) is 0 Å². The van der Waals surface area contributed by atoms with E-state index in [4.69, 9.17) is 0 Å². The van der Waals surface area contributed by atoms with Gasteiger partial charge in [-0.1, -0.05) is 29.8 Å². The topological polar surface area (TPSA) is 84.8 Å². The second kappa shape index (κ2) is 7.99. The molecule has 4 atom stereocenters. The third-order valence-electron chi connectivity index (χ3n) is 6.02. The zero-order valence-corrected chi connectivity index (χ0v) is 17.7. The molecular weight excluding hydrogens is 386 g/mol. The molecule has 2 aromatic rings. The molecule has 4 unspecified atom stereocenters. The second-order valence-electron chi connectivity index (χ2n) is 7.81. The Labute approximate surface area is 175 Å². The lowest BCUT2D eigenvalue weighted by Crippen LogP contribution is -2.42. The predicted octanol–water partition coefficient (Wildman–Crippen LogP) is 2.44. The molecule has 7 heteroatoms. The first kappa shape index (κ1) is 20.2. The Morgan fingerprint density at radius 2 is 1.79 bits per heavy atom. The Hall–Kier alpha value is -2.06. The first-order chi connectivity index (χ1) is 14.0. The molecule has 0 radical (unpaired) electrons. The number of hydrogen-bond acceptors (Lipinski definition) is 6. The lowest BCUT2D eigenvalue weighted by Gasteiger charge is -2.31. The highest BCUT2D eigenvalue weighted by Gasteiger charge is 2.55. The van der Waals surface area contributed by atoms with Gasteiger partial charge in [-0.2, -0.15) is 0 Å². The van der Waals surface area contributed by atoms with Crippen LogP contribution in [0.25, 0.3) is 0 Å². The minimum atomic E-state index is -0.406. The molecule has 29 heavy (non-hydrogen) atoms. The summed E-state index contributed by atoms with van der Waals surface area (Å²) in [5.41, 5.74) is 10.1. The average Bonchev–Trinajstić information content (AvgIpc) is 3.25. The van der Waals surface area contributed by atoms with E-state index in [0.717, 1.165) is 27.1 Å². The Balaban J connectivity index is 1.79. The molecule has 1 amide bonds. The average molecular weight is 414 g/mol. The first-order valence-corrected chi connectivity index (χ1v) is 11.0. The summed E-state index contributed by atoms with van der Waals surface area (Å²) in [6.45, 7) is 4.10. The van der Waals surface area contributed by atoms with Crippen LogP contribution in [0.15, 0.2) is 41.3 Å². The number of nitrogens with zero attached hydrogens (tertiary/aromatic N) is 1. The minimum absolute atomic E-state index is 0.0261. The Morgan fingerprint density at radius 3 is 2.45 bits per heavy atom. The summed E-state index contributed by atoms with van der Waals surface area (Å²) in [6, 6.07) is 11.4. The van der Waals surface area contributed by atoms with Crippen LogP contribution >= 0.6 is 11.8 Å². The molecule has 0 saturated carbocycles. The van der Waals surface area contributed by atoms with E-state index in [1.54, 1.807) is 16.7 Å². The third kappa shape index (κ3) is 3.42. The molecular formula is C22H27N3O3S. The zero-order valence-electron chi connectivity index (χ0n) is 16.8. The van der Waals surface area contributed by atoms with Gasteiger partial charge in [-0.05, 0) is 43.4 Å². The number of aryl methyl sites for hydroxylation is 2. The number of aliphatic hydroxyl groups is 1. The number of carbonyl (C=O) groups excluding carboxylic acids is 1. The van der Waals surface area contributed by atoms with Crippen molar-refractivity contribution in [3.63, 3.8) is 0 Å². The van der Waals surface area contributed by atoms with Crippen LogP contribution in [0.2, 0.25) is 0 Å². The van der Waals surface area contributed by atoms with Crippen LogP contribution in [0.5, 0.6) is 5.75 Å². The van der Waals surface area contributed by atoms with E-state index in [9.17, 15) is 15.0 Å². The minimum Gasteiger partial charge on any atom is -0.507 e. The molecule has 2 fully saturated rings. The van der Waals surface area contributed by atoms with Gasteiger partial charge in [0.25, 0.3) is 0 Å². The maximum atomic E-state index is 13.1. The number of phenols is 1. The predicted molar refractivity (Wildman–Crippen MR) is 114 cm³/mol. The summed E-state index contributed by atoms with van der Waals surface area (Å²) in [5.74, 6) is 0.128. The van der Waals surface area contributed by atoms with Gasteiger partial charge in [0.2, 0.25) is 5.91 Å². The number of thioether (sulfide) groups is 1. The van der Waals surface area contributed by atoms with E-state index in [1.165, 1.54) is 0 Å². The van der Waals surface area contributed by atoms with Gasteiger partial charge in [0.05, 0.1) is 18.7 Å². The SMILES string of the molecule is CSc1ccc(C2C3C(NNC3c3cc(C)cc(C)c3O)C(=O)N2CCO)cc1. The molecule has 154 valence electrons. The van der Waals surface area contributed by atoms with E-state index in [-0.39, 0.29) is 42.8 Å². The van der Waals surface area contributed by atoms with E-state index in [1.807, 2.05) is 32.2 Å². The molecule has 6 nitrogen and oxygen atoms in total. The number of fused-ring (bicyclic) bond motifs is 1. The Morgan fingerprint density at radius 1 is 1.10 bits per heavy atom. The molecule has 2 aliphatic heterocycles. The van der Waals surface area contributed by atoms with Gasteiger partial charge in [-0.15, -0.1) is 11.8 Å². The zero-order chi connectivity index (χ0) is 20.7. The number of hydrogen-bond donors (Lipinski definition) is 4. The van der Waals surface area contributed by atoms with Crippen LogP contribution in [0.4, 0.5) is 0 Å². The van der Waals surface area contributed by atoms with Crippen LogP contribution in [0, 0.1) is 19.8 Å². The number of aliphatic hydroxyl groups excluding tert-OH is 1. The molecule has 4 rings (SSSR count). The van der Waals surface area contributed by atoms with E-state index < -0.39 is 6.04 Å². The smallest absolute Gasteiger partial charge is 0.242 e. The van der Waals surface area contributed by atoms with Crippen LogP contribution < -0.4 is 10.9 Å². The third-order valence-corrected chi connectivity index (χ3v) is 6.76. The van der Waals surface area contributed by atoms with Gasteiger partial charge in [0, 0.05) is 22.9 Å². The highest BCUT2D eigenvalue weighted by Crippen LogP contribution is 2.49. The number of carbonyl (C=O) groups is 1. The van der Waals surface area contributed by atoms with Crippen molar-refractivity contribution < 1.29 is 15.0 Å². The van der Waals surface area contributed by atoms with E-state index >= 15 is 0 Å². The number of nitrogens with one attached hydrogen (secondary N) is 2. The summed E-state index contributed by atoms with van der Waals surface area (Å²) in [5, 5.41) is 20.3. The normalized spacial score (nSPS) is 26.2.